The summed E-state index contributed by atoms with van der Waals surface area (Å²) in [6, 6.07) is 4.35. The fourth-order valence-electron chi connectivity index (χ4n) is 1.87. The fourth-order valence-corrected chi connectivity index (χ4v) is 3.98. The summed E-state index contributed by atoms with van der Waals surface area (Å²) in [7, 11) is 1.44. The summed E-state index contributed by atoms with van der Waals surface area (Å²) in [5.74, 6) is 0.275. The Bertz CT molecular complexity index is 599. The van der Waals surface area contributed by atoms with E-state index in [2.05, 4.69) is 21.2 Å². The third-order valence-electron chi connectivity index (χ3n) is 3.23. The van der Waals surface area contributed by atoms with Crippen LogP contribution in [-0.2, 0) is 9.05 Å². The van der Waals surface area contributed by atoms with Gasteiger partial charge in [-0.15, -0.1) is 0 Å². The van der Waals surface area contributed by atoms with Gasteiger partial charge in [-0.25, -0.2) is 8.42 Å². The highest BCUT2D eigenvalue weighted by atomic mass is 79.9. The van der Waals surface area contributed by atoms with Crippen molar-refractivity contribution < 1.29 is 13.2 Å². The van der Waals surface area contributed by atoms with Crippen LogP contribution in [0.25, 0.3) is 0 Å². The van der Waals surface area contributed by atoms with Crippen LogP contribution in [0.5, 0.6) is 0 Å². The number of halogens is 2. The molecular weight excluding hydrogens is 354 g/mol. The summed E-state index contributed by atoms with van der Waals surface area (Å²) in [6.07, 6.45) is 3.50. The maximum Gasteiger partial charge on any atom is 0.262 e. The molecule has 0 atom stereocenters. The van der Waals surface area contributed by atoms with Crippen molar-refractivity contribution in [2.45, 2.75) is 24.2 Å². The van der Waals surface area contributed by atoms with Crippen LogP contribution in [0.3, 0.4) is 0 Å². The number of carbonyl (C=O) groups is 1. The van der Waals surface area contributed by atoms with Crippen LogP contribution in [0.15, 0.2) is 27.6 Å². The van der Waals surface area contributed by atoms with Crippen LogP contribution in [0, 0.1) is 5.92 Å². The van der Waals surface area contributed by atoms with E-state index in [9.17, 15) is 13.2 Å². The Labute approximate surface area is 125 Å². The quantitative estimate of drug-likeness (QED) is 0.833. The molecule has 1 fully saturated rings. The van der Waals surface area contributed by atoms with E-state index in [4.69, 9.17) is 10.7 Å². The lowest BCUT2D eigenvalue weighted by Crippen LogP contribution is -2.32. The van der Waals surface area contributed by atoms with Crippen molar-refractivity contribution in [1.82, 2.24) is 5.32 Å². The number of amides is 1. The molecule has 1 saturated carbocycles. The van der Waals surface area contributed by atoms with E-state index in [1.54, 1.807) is 6.07 Å². The van der Waals surface area contributed by atoms with Crippen LogP contribution in [0.4, 0.5) is 0 Å². The lowest BCUT2D eigenvalue weighted by Gasteiger charge is -2.25. The molecule has 1 aliphatic carbocycles. The third kappa shape index (κ3) is 3.70. The summed E-state index contributed by atoms with van der Waals surface area (Å²) in [4.78, 5) is 11.8. The van der Waals surface area contributed by atoms with Gasteiger partial charge < -0.3 is 5.32 Å². The first kappa shape index (κ1) is 14.8. The van der Waals surface area contributed by atoms with Crippen molar-refractivity contribution in [3.05, 3.63) is 28.2 Å². The maximum atomic E-state index is 11.9. The van der Waals surface area contributed by atoms with E-state index in [1.807, 2.05) is 0 Å². The molecule has 1 aromatic rings. The molecule has 0 unspecified atom stereocenters. The smallest absolute Gasteiger partial charge is 0.262 e. The normalized spacial score (nSPS) is 15.9. The highest BCUT2D eigenvalue weighted by Gasteiger charge is 2.20. The molecule has 1 amide bonds. The SMILES string of the molecule is O=C(NCC1CCC1)c1ccc(Br)c(S(=O)(=O)Cl)c1. The first-order valence-electron chi connectivity index (χ1n) is 5.90. The molecule has 104 valence electrons. The number of nitrogens with one attached hydrogen (secondary N) is 1. The van der Waals surface area contributed by atoms with Crippen molar-refractivity contribution >= 4 is 41.6 Å². The average Bonchev–Trinajstić information content (AvgIpc) is 2.25. The monoisotopic (exact) mass is 365 g/mol. The zero-order valence-electron chi connectivity index (χ0n) is 10.0. The standard InChI is InChI=1S/C12H13BrClNO3S/c13-10-5-4-9(6-11(10)19(14,17)18)12(16)15-7-8-2-1-3-8/h4-6,8H,1-3,7H2,(H,15,16). The summed E-state index contributed by atoms with van der Waals surface area (Å²) < 4.78 is 23.1. The first-order valence-corrected chi connectivity index (χ1v) is 9.00. The molecule has 0 aliphatic heterocycles. The topological polar surface area (TPSA) is 63.2 Å². The minimum atomic E-state index is -3.87. The molecule has 2 rings (SSSR count). The summed E-state index contributed by atoms with van der Waals surface area (Å²) in [5, 5.41) is 2.81. The van der Waals surface area contributed by atoms with E-state index in [-0.39, 0.29) is 10.8 Å². The third-order valence-corrected chi connectivity index (χ3v) is 5.55. The van der Waals surface area contributed by atoms with E-state index < -0.39 is 9.05 Å². The Hall–Kier alpha value is -0.590. The van der Waals surface area contributed by atoms with Gasteiger partial charge >= 0.3 is 0 Å². The molecule has 4 nitrogen and oxygen atoms in total. The molecule has 1 N–H and O–H groups in total. The predicted molar refractivity (Wildman–Crippen MR) is 76.9 cm³/mol. The molecule has 0 saturated heterocycles. The van der Waals surface area contributed by atoms with Gasteiger partial charge in [-0.1, -0.05) is 6.42 Å². The van der Waals surface area contributed by atoms with E-state index >= 15 is 0 Å². The van der Waals surface area contributed by atoms with Gasteiger partial charge in [0, 0.05) is 27.3 Å². The van der Waals surface area contributed by atoms with Crippen LogP contribution >= 0.6 is 26.6 Å². The van der Waals surface area contributed by atoms with Crippen LogP contribution < -0.4 is 5.32 Å². The van der Waals surface area contributed by atoms with Gasteiger partial charge in [0.25, 0.3) is 15.0 Å². The molecule has 0 aromatic heterocycles. The van der Waals surface area contributed by atoms with Gasteiger partial charge in [0.15, 0.2) is 0 Å². The highest BCUT2D eigenvalue weighted by molar-refractivity contribution is 9.10. The van der Waals surface area contributed by atoms with Crippen molar-refractivity contribution in [2.24, 2.45) is 5.92 Å². The molecule has 0 spiro atoms. The van der Waals surface area contributed by atoms with Crippen LogP contribution in [0.1, 0.15) is 29.6 Å². The second-order valence-electron chi connectivity index (χ2n) is 4.59. The average molecular weight is 367 g/mol. The number of rotatable bonds is 4. The van der Waals surface area contributed by atoms with Crippen molar-refractivity contribution in [1.29, 1.82) is 0 Å². The van der Waals surface area contributed by atoms with Gasteiger partial charge in [0.1, 0.15) is 0 Å². The number of benzene rings is 1. The lowest BCUT2D eigenvalue weighted by molar-refractivity contribution is 0.0939. The number of hydrogen-bond donors (Lipinski definition) is 1. The summed E-state index contributed by atoms with van der Waals surface area (Å²) in [5.41, 5.74) is 0.293. The van der Waals surface area contributed by atoms with Gasteiger partial charge in [0.05, 0.1) is 4.90 Å². The minimum Gasteiger partial charge on any atom is -0.352 e. The highest BCUT2D eigenvalue weighted by Crippen LogP contribution is 2.27. The summed E-state index contributed by atoms with van der Waals surface area (Å²) >= 11 is 3.10. The van der Waals surface area contributed by atoms with Gasteiger partial charge in [0.2, 0.25) is 0 Å². The molecular formula is C12H13BrClNO3S. The molecule has 0 heterocycles. The first-order chi connectivity index (χ1) is 8.88. The minimum absolute atomic E-state index is 0.0922. The maximum absolute atomic E-state index is 11.9. The van der Waals surface area contributed by atoms with Crippen molar-refractivity contribution in [3.63, 3.8) is 0 Å². The second kappa shape index (κ2) is 5.81. The van der Waals surface area contributed by atoms with Gasteiger partial charge in [-0.3, -0.25) is 4.79 Å². The predicted octanol–water partition coefficient (Wildman–Crippen LogP) is 2.91. The second-order valence-corrected chi connectivity index (χ2v) is 7.98. The van der Waals surface area contributed by atoms with Crippen LogP contribution in [0.2, 0.25) is 0 Å². The molecule has 0 radical (unpaired) electrons. The van der Waals surface area contributed by atoms with E-state index in [0.717, 1.165) is 12.8 Å². The molecule has 1 aliphatic rings. The van der Waals surface area contributed by atoms with E-state index in [0.29, 0.717) is 22.5 Å². The zero-order chi connectivity index (χ0) is 14.0. The molecule has 0 bridgehead atoms. The Morgan fingerprint density at radius 3 is 2.63 bits per heavy atom. The Balaban J connectivity index is 2.13. The zero-order valence-corrected chi connectivity index (χ0v) is 13.2. The summed E-state index contributed by atoms with van der Waals surface area (Å²) in [6.45, 7) is 0.637. The number of carbonyl (C=O) groups excluding carboxylic acids is 1. The van der Waals surface area contributed by atoms with Gasteiger partial charge in [-0.2, -0.15) is 0 Å². The van der Waals surface area contributed by atoms with Gasteiger partial charge in [-0.05, 0) is 52.9 Å². The van der Waals surface area contributed by atoms with Crippen molar-refractivity contribution in [3.8, 4) is 0 Å². The Morgan fingerprint density at radius 1 is 1.42 bits per heavy atom. The molecule has 19 heavy (non-hydrogen) atoms. The largest absolute Gasteiger partial charge is 0.352 e. The lowest BCUT2D eigenvalue weighted by atomic mass is 9.85. The number of hydrogen-bond acceptors (Lipinski definition) is 3. The Morgan fingerprint density at radius 2 is 2.11 bits per heavy atom. The Kier molecular flexibility index (Phi) is 4.53. The van der Waals surface area contributed by atoms with Crippen molar-refractivity contribution in [2.75, 3.05) is 6.54 Å². The molecule has 1 aromatic carbocycles. The fraction of sp³-hybridized carbons (Fsp3) is 0.417. The van der Waals surface area contributed by atoms with E-state index in [1.165, 1.54) is 18.6 Å². The molecule has 7 heteroatoms. The van der Waals surface area contributed by atoms with Crippen LogP contribution in [-0.4, -0.2) is 20.9 Å².